The molecular formula is C13H27NO. The smallest absolute Gasteiger partial charge is 0.0494 e. The van der Waals surface area contributed by atoms with Gasteiger partial charge < -0.3 is 10.4 Å². The molecule has 15 heavy (non-hydrogen) atoms. The van der Waals surface area contributed by atoms with E-state index < -0.39 is 0 Å². The Labute approximate surface area is 94.5 Å². The van der Waals surface area contributed by atoms with Gasteiger partial charge in [-0.15, -0.1) is 0 Å². The normalized spacial score (nSPS) is 21.6. The van der Waals surface area contributed by atoms with Crippen LogP contribution in [-0.4, -0.2) is 24.3 Å². The molecule has 90 valence electrons. The second-order valence-electron chi connectivity index (χ2n) is 5.89. The van der Waals surface area contributed by atoms with Crippen molar-refractivity contribution in [3.05, 3.63) is 0 Å². The van der Waals surface area contributed by atoms with Gasteiger partial charge in [-0.05, 0) is 25.7 Å². The van der Waals surface area contributed by atoms with Gasteiger partial charge >= 0.3 is 0 Å². The van der Waals surface area contributed by atoms with Gasteiger partial charge in [0.2, 0.25) is 0 Å². The van der Waals surface area contributed by atoms with Crippen LogP contribution in [0.4, 0.5) is 0 Å². The van der Waals surface area contributed by atoms with Crippen LogP contribution in [0.25, 0.3) is 0 Å². The molecule has 1 aliphatic carbocycles. The maximum Gasteiger partial charge on any atom is 0.0494 e. The van der Waals surface area contributed by atoms with Gasteiger partial charge in [0, 0.05) is 24.6 Å². The minimum absolute atomic E-state index is 0.0168. The molecule has 0 aromatic heterocycles. The number of hydrogen-bond acceptors (Lipinski definition) is 2. The van der Waals surface area contributed by atoms with Crippen LogP contribution < -0.4 is 5.32 Å². The van der Waals surface area contributed by atoms with Gasteiger partial charge in [0.1, 0.15) is 0 Å². The lowest BCUT2D eigenvalue weighted by molar-refractivity contribution is 0.146. The van der Waals surface area contributed by atoms with Crippen molar-refractivity contribution in [3.63, 3.8) is 0 Å². The Morgan fingerprint density at radius 3 is 2.40 bits per heavy atom. The number of nitrogens with one attached hydrogen (secondary N) is 1. The summed E-state index contributed by atoms with van der Waals surface area (Å²) in [5.41, 5.74) is 0.0168. The van der Waals surface area contributed by atoms with Crippen molar-refractivity contribution in [1.82, 2.24) is 5.32 Å². The fraction of sp³-hybridized carbons (Fsp3) is 1.00. The molecule has 1 rings (SSSR count). The second kappa shape index (κ2) is 5.86. The SMILES string of the molecule is CC(NCC(C)(C)CO)C1CCCCC1. The van der Waals surface area contributed by atoms with Crippen molar-refractivity contribution in [3.8, 4) is 0 Å². The van der Waals surface area contributed by atoms with Crippen LogP contribution in [0, 0.1) is 11.3 Å². The molecule has 0 aromatic carbocycles. The Bertz CT molecular complexity index is 173. The van der Waals surface area contributed by atoms with Crippen LogP contribution in [0.5, 0.6) is 0 Å². The van der Waals surface area contributed by atoms with Crippen molar-refractivity contribution >= 4 is 0 Å². The van der Waals surface area contributed by atoms with Gasteiger partial charge in [0.25, 0.3) is 0 Å². The summed E-state index contributed by atoms with van der Waals surface area (Å²) in [6.07, 6.45) is 6.99. The maximum absolute atomic E-state index is 9.18. The number of hydrogen-bond donors (Lipinski definition) is 2. The predicted molar refractivity (Wildman–Crippen MR) is 64.9 cm³/mol. The molecule has 1 atom stereocenters. The molecule has 0 aromatic rings. The third kappa shape index (κ3) is 4.52. The largest absolute Gasteiger partial charge is 0.396 e. The second-order valence-corrected chi connectivity index (χ2v) is 5.89. The molecule has 0 aliphatic heterocycles. The van der Waals surface area contributed by atoms with E-state index in [1.165, 1.54) is 32.1 Å². The lowest BCUT2D eigenvalue weighted by Crippen LogP contribution is -2.41. The Hall–Kier alpha value is -0.0800. The molecule has 0 saturated heterocycles. The quantitative estimate of drug-likeness (QED) is 0.735. The Balaban J connectivity index is 2.25. The molecule has 1 unspecified atom stereocenters. The van der Waals surface area contributed by atoms with Gasteiger partial charge in [-0.3, -0.25) is 0 Å². The Morgan fingerprint density at radius 1 is 1.27 bits per heavy atom. The standard InChI is InChI=1S/C13H27NO/c1-11(12-7-5-4-6-8-12)14-9-13(2,3)10-15/h11-12,14-15H,4-10H2,1-3H3. The number of rotatable bonds is 5. The molecule has 1 fully saturated rings. The van der Waals surface area contributed by atoms with E-state index >= 15 is 0 Å². The van der Waals surface area contributed by atoms with E-state index in [1.54, 1.807) is 0 Å². The van der Waals surface area contributed by atoms with E-state index in [4.69, 9.17) is 0 Å². The minimum Gasteiger partial charge on any atom is -0.396 e. The third-order valence-corrected chi connectivity index (χ3v) is 3.69. The van der Waals surface area contributed by atoms with Crippen LogP contribution in [0.2, 0.25) is 0 Å². The molecule has 0 radical (unpaired) electrons. The van der Waals surface area contributed by atoms with Gasteiger partial charge in [-0.25, -0.2) is 0 Å². The molecule has 0 amide bonds. The van der Waals surface area contributed by atoms with E-state index in [1.807, 2.05) is 0 Å². The molecule has 0 spiro atoms. The summed E-state index contributed by atoms with van der Waals surface area (Å²) in [6, 6.07) is 0.608. The third-order valence-electron chi connectivity index (χ3n) is 3.69. The maximum atomic E-state index is 9.18. The Kier molecular flexibility index (Phi) is 5.07. The summed E-state index contributed by atoms with van der Waals surface area (Å²) in [5.74, 6) is 0.855. The van der Waals surface area contributed by atoms with Crippen molar-refractivity contribution < 1.29 is 5.11 Å². The molecule has 2 N–H and O–H groups in total. The van der Waals surface area contributed by atoms with E-state index in [2.05, 4.69) is 26.1 Å². The zero-order valence-electron chi connectivity index (χ0n) is 10.6. The lowest BCUT2D eigenvalue weighted by atomic mass is 9.84. The van der Waals surface area contributed by atoms with E-state index in [0.29, 0.717) is 6.04 Å². The molecule has 1 aliphatic rings. The van der Waals surface area contributed by atoms with Crippen molar-refractivity contribution in [2.75, 3.05) is 13.2 Å². The fourth-order valence-corrected chi connectivity index (χ4v) is 2.29. The van der Waals surface area contributed by atoms with Gasteiger partial charge in [0.05, 0.1) is 0 Å². The van der Waals surface area contributed by atoms with Crippen LogP contribution >= 0.6 is 0 Å². The summed E-state index contributed by atoms with van der Waals surface area (Å²) in [6.45, 7) is 7.68. The first-order valence-corrected chi connectivity index (χ1v) is 6.39. The molecule has 1 saturated carbocycles. The van der Waals surface area contributed by atoms with Crippen molar-refractivity contribution in [1.29, 1.82) is 0 Å². The van der Waals surface area contributed by atoms with Crippen molar-refractivity contribution in [2.45, 2.75) is 58.9 Å². The van der Waals surface area contributed by atoms with E-state index in [0.717, 1.165) is 12.5 Å². The zero-order chi connectivity index (χ0) is 11.3. The van der Waals surface area contributed by atoms with Crippen LogP contribution in [-0.2, 0) is 0 Å². The highest BCUT2D eigenvalue weighted by Crippen LogP contribution is 2.26. The first-order chi connectivity index (χ1) is 7.05. The molecule has 0 heterocycles. The topological polar surface area (TPSA) is 32.3 Å². The highest BCUT2D eigenvalue weighted by atomic mass is 16.3. The monoisotopic (exact) mass is 213 g/mol. The van der Waals surface area contributed by atoms with Crippen LogP contribution in [0.3, 0.4) is 0 Å². The first kappa shape index (κ1) is 13.0. The average Bonchev–Trinajstić information content (AvgIpc) is 2.27. The summed E-state index contributed by atoms with van der Waals surface area (Å²) in [4.78, 5) is 0. The van der Waals surface area contributed by atoms with Crippen LogP contribution in [0.1, 0.15) is 52.9 Å². The summed E-state index contributed by atoms with van der Waals surface area (Å²) >= 11 is 0. The average molecular weight is 213 g/mol. The number of aliphatic hydroxyl groups excluding tert-OH is 1. The van der Waals surface area contributed by atoms with Gasteiger partial charge in [-0.2, -0.15) is 0 Å². The zero-order valence-corrected chi connectivity index (χ0v) is 10.6. The molecule has 2 heteroatoms. The van der Waals surface area contributed by atoms with Crippen molar-refractivity contribution in [2.24, 2.45) is 11.3 Å². The molecular weight excluding hydrogens is 186 g/mol. The number of aliphatic hydroxyl groups is 1. The Morgan fingerprint density at radius 2 is 1.87 bits per heavy atom. The van der Waals surface area contributed by atoms with E-state index in [-0.39, 0.29) is 12.0 Å². The molecule has 2 nitrogen and oxygen atoms in total. The van der Waals surface area contributed by atoms with Crippen LogP contribution in [0.15, 0.2) is 0 Å². The summed E-state index contributed by atoms with van der Waals surface area (Å²) in [7, 11) is 0. The highest BCUT2D eigenvalue weighted by molar-refractivity contribution is 4.79. The first-order valence-electron chi connectivity index (χ1n) is 6.39. The highest BCUT2D eigenvalue weighted by Gasteiger charge is 2.22. The predicted octanol–water partition coefficient (Wildman–Crippen LogP) is 2.56. The minimum atomic E-state index is 0.0168. The fourth-order valence-electron chi connectivity index (χ4n) is 2.29. The molecule has 0 bridgehead atoms. The van der Waals surface area contributed by atoms with E-state index in [9.17, 15) is 5.11 Å². The lowest BCUT2D eigenvalue weighted by Gasteiger charge is -2.31. The summed E-state index contributed by atoms with van der Waals surface area (Å²) in [5, 5.41) is 12.8. The van der Waals surface area contributed by atoms with Gasteiger partial charge in [0.15, 0.2) is 0 Å². The van der Waals surface area contributed by atoms with Gasteiger partial charge in [-0.1, -0.05) is 33.1 Å². The summed E-state index contributed by atoms with van der Waals surface area (Å²) < 4.78 is 0.